The number of benzene rings is 1. The third-order valence-electron chi connectivity index (χ3n) is 4.54. The van der Waals surface area contributed by atoms with Crippen LogP contribution in [-0.4, -0.2) is 60.8 Å². The fourth-order valence-electron chi connectivity index (χ4n) is 3.16. The maximum Gasteiger partial charge on any atom is 0.238 e. The molecule has 1 unspecified atom stereocenters. The fraction of sp³-hybridized carbons (Fsp3) is 0.444. The summed E-state index contributed by atoms with van der Waals surface area (Å²) in [6, 6.07) is 5.38. The first-order chi connectivity index (χ1) is 12.6. The smallest absolute Gasteiger partial charge is 0.238 e. The van der Waals surface area contributed by atoms with Gasteiger partial charge in [-0.1, -0.05) is 0 Å². The SMILES string of the molecule is COc1ccc(NC(=O)CN2CCNCC2c2nccn2C)c(OC)c1.Cl. The number of aryl methyl sites for hydroxylation is 1. The van der Waals surface area contributed by atoms with E-state index >= 15 is 0 Å². The highest BCUT2D eigenvalue weighted by molar-refractivity contribution is 5.93. The first kappa shape index (κ1) is 21.0. The van der Waals surface area contributed by atoms with E-state index in [1.54, 1.807) is 38.6 Å². The number of amides is 1. The molecule has 27 heavy (non-hydrogen) atoms. The number of carbonyl (C=O) groups is 1. The van der Waals surface area contributed by atoms with Crippen LogP contribution in [-0.2, 0) is 11.8 Å². The molecule has 0 bridgehead atoms. The summed E-state index contributed by atoms with van der Waals surface area (Å²) < 4.78 is 12.5. The van der Waals surface area contributed by atoms with Gasteiger partial charge in [-0.2, -0.15) is 0 Å². The molecule has 3 rings (SSSR count). The van der Waals surface area contributed by atoms with Gasteiger partial charge in [0.05, 0.1) is 32.5 Å². The Labute approximate surface area is 165 Å². The molecule has 8 nitrogen and oxygen atoms in total. The molecule has 1 aromatic carbocycles. The number of nitrogens with zero attached hydrogens (tertiary/aromatic N) is 3. The van der Waals surface area contributed by atoms with Gasteiger partial charge >= 0.3 is 0 Å². The normalized spacial score (nSPS) is 17.1. The zero-order valence-corrected chi connectivity index (χ0v) is 16.6. The highest BCUT2D eigenvalue weighted by Gasteiger charge is 2.28. The number of rotatable bonds is 6. The number of ether oxygens (including phenoxy) is 2. The molecule has 2 N–H and O–H groups in total. The summed E-state index contributed by atoms with van der Waals surface area (Å²) in [6.07, 6.45) is 3.70. The Morgan fingerprint density at radius 3 is 2.85 bits per heavy atom. The predicted molar refractivity (Wildman–Crippen MR) is 106 cm³/mol. The lowest BCUT2D eigenvalue weighted by Gasteiger charge is -2.35. The Balaban J connectivity index is 0.00000261. The number of anilines is 1. The summed E-state index contributed by atoms with van der Waals surface area (Å²) in [5, 5.41) is 6.31. The van der Waals surface area contributed by atoms with Gasteiger partial charge in [-0.05, 0) is 12.1 Å². The van der Waals surface area contributed by atoms with Crippen LogP contribution in [0.1, 0.15) is 11.9 Å². The fourth-order valence-corrected chi connectivity index (χ4v) is 3.16. The summed E-state index contributed by atoms with van der Waals surface area (Å²) in [7, 11) is 5.13. The van der Waals surface area contributed by atoms with Crippen LogP contribution in [0, 0.1) is 0 Å². The van der Waals surface area contributed by atoms with Gasteiger partial charge in [0, 0.05) is 45.1 Å². The molecule has 0 saturated carbocycles. The van der Waals surface area contributed by atoms with Crippen molar-refractivity contribution >= 4 is 24.0 Å². The zero-order chi connectivity index (χ0) is 18.5. The van der Waals surface area contributed by atoms with Crippen molar-refractivity contribution in [3.05, 3.63) is 36.4 Å². The second-order valence-electron chi connectivity index (χ2n) is 6.20. The van der Waals surface area contributed by atoms with E-state index in [0.29, 0.717) is 17.2 Å². The molecule has 2 aromatic rings. The minimum absolute atomic E-state index is 0. The minimum atomic E-state index is -0.0884. The number of nitrogens with one attached hydrogen (secondary N) is 2. The maximum atomic E-state index is 12.6. The Morgan fingerprint density at radius 1 is 1.37 bits per heavy atom. The van der Waals surface area contributed by atoms with Crippen LogP contribution in [0.4, 0.5) is 5.69 Å². The summed E-state index contributed by atoms with van der Waals surface area (Å²) in [5.74, 6) is 2.11. The van der Waals surface area contributed by atoms with Crippen LogP contribution in [0.25, 0.3) is 0 Å². The van der Waals surface area contributed by atoms with Crippen molar-refractivity contribution in [2.75, 3.05) is 45.7 Å². The molecule has 1 saturated heterocycles. The van der Waals surface area contributed by atoms with Crippen LogP contribution < -0.4 is 20.1 Å². The second kappa shape index (κ2) is 9.59. The van der Waals surface area contributed by atoms with E-state index < -0.39 is 0 Å². The first-order valence-electron chi connectivity index (χ1n) is 8.56. The molecular formula is C18H26ClN5O3. The van der Waals surface area contributed by atoms with Crippen LogP contribution in [0.2, 0.25) is 0 Å². The molecule has 1 aliphatic heterocycles. The quantitative estimate of drug-likeness (QED) is 0.770. The number of halogens is 1. The van der Waals surface area contributed by atoms with E-state index in [2.05, 4.69) is 20.5 Å². The van der Waals surface area contributed by atoms with E-state index in [4.69, 9.17) is 9.47 Å². The van der Waals surface area contributed by atoms with Crippen molar-refractivity contribution in [1.82, 2.24) is 19.8 Å². The average molecular weight is 396 g/mol. The Kier molecular flexibility index (Phi) is 7.46. The van der Waals surface area contributed by atoms with Gasteiger partial charge < -0.3 is 24.7 Å². The lowest BCUT2D eigenvalue weighted by atomic mass is 10.1. The topological polar surface area (TPSA) is 80.7 Å². The molecule has 1 aliphatic rings. The third-order valence-corrected chi connectivity index (χ3v) is 4.54. The van der Waals surface area contributed by atoms with Gasteiger partial charge in [0.1, 0.15) is 17.3 Å². The third kappa shape index (κ3) is 4.91. The number of methoxy groups -OCH3 is 2. The van der Waals surface area contributed by atoms with Crippen LogP contribution in [0.5, 0.6) is 11.5 Å². The van der Waals surface area contributed by atoms with Crippen LogP contribution >= 0.6 is 12.4 Å². The number of hydrogen-bond acceptors (Lipinski definition) is 6. The Hall–Kier alpha value is -2.29. The first-order valence-corrected chi connectivity index (χ1v) is 8.56. The molecular weight excluding hydrogens is 370 g/mol. The largest absolute Gasteiger partial charge is 0.497 e. The molecule has 0 radical (unpaired) electrons. The van der Waals surface area contributed by atoms with Gasteiger partial charge in [-0.3, -0.25) is 9.69 Å². The highest BCUT2D eigenvalue weighted by atomic mass is 35.5. The van der Waals surface area contributed by atoms with E-state index in [1.807, 2.05) is 17.8 Å². The Bertz CT molecular complexity index is 767. The van der Waals surface area contributed by atoms with Gasteiger partial charge in [0.2, 0.25) is 5.91 Å². The molecule has 2 heterocycles. The molecule has 1 atom stereocenters. The monoisotopic (exact) mass is 395 g/mol. The van der Waals surface area contributed by atoms with E-state index in [1.165, 1.54) is 0 Å². The lowest BCUT2D eigenvalue weighted by molar-refractivity contribution is -0.118. The molecule has 0 aliphatic carbocycles. The lowest BCUT2D eigenvalue weighted by Crippen LogP contribution is -2.49. The summed E-state index contributed by atoms with van der Waals surface area (Å²) in [6.45, 7) is 2.68. The van der Waals surface area contributed by atoms with Gasteiger partial charge in [-0.15, -0.1) is 12.4 Å². The standard InChI is InChI=1S/C18H25N5O3.ClH/c1-22-8-7-20-18(22)15-11-19-6-9-23(15)12-17(24)21-14-5-4-13(25-2)10-16(14)26-3;/h4-5,7-8,10,15,19H,6,9,11-12H2,1-3H3,(H,21,24);1H. The molecule has 1 aromatic heterocycles. The van der Waals surface area contributed by atoms with Gasteiger partial charge in [0.25, 0.3) is 0 Å². The zero-order valence-electron chi connectivity index (χ0n) is 15.8. The second-order valence-corrected chi connectivity index (χ2v) is 6.20. The predicted octanol–water partition coefficient (Wildman–Crippen LogP) is 1.44. The van der Waals surface area contributed by atoms with E-state index in [9.17, 15) is 4.79 Å². The van der Waals surface area contributed by atoms with Crippen molar-refractivity contribution in [1.29, 1.82) is 0 Å². The number of carbonyl (C=O) groups excluding carboxylic acids is 1. The molecule has 1 amide bonds. The number of aromatic nitrogens is 2. The van der Waals surface area contributed by atoms with Crippen molar-refractivity contribution in [2.24, 2.45) is 7.05 Å². The maximum absolute atomic E-state index is 12.6. The summed E-state index contributed by atoms with van der Waals surface area (Å²) >= 11 is 0. The molecule has 0 spiro atoms. The highest BCUT2D eigenvalue weighted by Crippen LogP contribution is 2.29. The Morgan fingerprint density at radius 2 is 2.19 bits per heavy atom. The minimum Gasteiger partial charge on any atom is -0.497 e. The number of hydrogen-bond donors (Lipinski definition) is 2. The van der Waals surface area contributed by atoms with Crippen LogP contribution in [0.15, 0.2) is 30.6 Å². The summed E-state index contributed by atoms with van der Waals surface area (Å²) in [5.41, 5.74) is 0.627. The van der Waals surface area contributed by atoms with Crippen molar-refractivity contribution < 1.29 is 14.3 Å². The molecule has 148 valence electrons. The average Bonchev–Trinajstić information content (AvgIpc) is 3.08. The number of imidazole rings is 1. The number of piperazine rings is 1. The van der Waals surface area contributed by atoms with E-state index in [-0.39, 0.29) is 30.9 Å². The van der Waals surface area contributed by atoms with Gasteiger partial charge in [0.15, 0.2) is 0 Å². The van der Waals surface area contributed by atoms with E-state index in [0.717, 1.165) is 25.5 Å². The van der Waals surface area contributed by atoms with Crippen molar-refractivity contribution in [3.63, 3.8) is 0 Å². The van der Waals surface area contributed by atoms with Gasteiger partial charge in [-0.25, -0.2) is 4.98 Å². The van der Waals surface area contributed by atoms with Crippen molar-refractivity contribution in [2.45, 2.75) is 6.04 Å². The summed E-state index contributed by atoms with van der Waals surface area (Å²) in [4.78, 5) is 19.2. The van der Waals surface area contributed by atoms with Crippen LogP contribution in [0.3, 0.4) is 0 Å². The molecule has 9 heteroatoms. The molecule has 1 fully saturated rings. The van der Waals surface area contributed by atoms with Crippen molar-refractivity contribution in [3.8, 4) is 11.5 Å².